The second-order valence-corrected chi connectivity index (χ2v) is 17.3. The zero-order chi connectivity index (χ0) is 44.2. The molecule has 2 heterocycles. The van der Waals surface area contributed by atoms with Crippen molar-refractivity contribution in [2.45, 2.75) is 118 Å². The zero-order valence-corrected chi connectivity index (χ0v) is 37.4. The molecule has 59 heavy (non-hydrogen) atoms. The summed E-state index contributed by atoms with van der Waals surface area (Å²) in [5, 5.41) is 15.3. The Morgan fingerprint density at radius 3 is 1.81 bits per heavy atom. The molecule has 0 unspecified atom stereocenters. The fourth-order valence-corrected chi connectivity index (χ4v) is 6.46. The highest BCUT2D eigenvalue weighted by Crippen LogP contribution is 2.25. The second kappa shape index (κ2) is 25.2. The van der Waals surface area contributed by atoms with Crippen molar-refractivity contribution in [2.24, 2.45) is 11.8 Å². The number of unbranched alkanes of at least 4 members (excludes halogenated alkanes) is 1. The van der Waals surface area contributed by atoms with Crippen LogP contribution < -0.4 is 16.4 Å². The Bertz CT molecular complexity index is 1620. The number of aliphatic carboxylic acids is 1. The lowest BCUT2D eigenvalue weighted by atomic mass is 9.96. The number of aryl methyl sites for hydroxylation is 3. The summed E-state index contributed by atoms with van der Waals surface area (Å²) >= 11 is 0. The van der Waals surface area contributed by atoms with Crippen molar-refractivity contribution in [3.63, 3.8) is 0 Å². The molecule has 2 aromatic carbocycles. The van der Waals surface area contributed by atoms with Crippen LogP contribution in [0.25, 0.3) is 0 Å². The Morgan fingerprint density at radius 1 is 0.746 bits per heavy atom. The summed E-state index contributed by atoms with van der Waals surface area (Å²) in [6, 6.07) is 12.2. The molecular formula is C45H73N5O9. The number of carbonyl (C=O) groups excluding carboxylic acids is 3. The molecular weight excluding hydrogens is 755 g/mol. The molecule has 14 nitrogen and oxygen atoms in total. The Morgan fingerprint density at radius 2 is 1.27 bits per heavy atom. The number of methoxy groups -OCH3 is 2. The van der Waals surface area contributed by atoms with E-state index < -0.39 is 29.2 Å². The van der Waals surface area contributed by atoms with E-state index in [0.29, 0.717) is 26.1 Å². The number of rotatable bonds is 13. The minimum Gasteiger partial charge on any atom is -0.481 e. The molecule has 4 rings (SSSR count). The first-order chi connectivity index (χ1) is 27.7. The van der Waals surface area contributed by atoms with Crippen LogP contribution in [0.4, 0.5) is 26.7 Å². The van der Waals surface area contributed by atoms with Crippen molar-refractivity contribution in [1.29, 1.82) is 0 Å². The predicted octanol–water partition coefficient (Wildman–Crippen LogP) is 8.29. The maximum Gasteiger partial charge on any atom is 0.410 e. The van der Waals surface area contributed by atoms with Crippen LogP contribution in [-0.2, 0) is 35.0 Å². The number of nitrogens with two attached hydrogens (primary N) is 1. The smallest absolute Gasteiger partial charge is 0.410 e. The molecule has 2 aliphatic rings. The molecule has 0 bridgehead atoms. The summed E-state index contributed by atoms with van der Waals surface area (Å²) in [5.41, 5.74) is 10.9. The highest BCUT2D eigenvalue weighted by atomic mass is 16.6. The van der Waals surface area contributed by atoms with Gasteiger partial charge < -0.3 is 50.2 Å². The number of carboxylic acid groups (broad SMARTS) is 1. The maximum absolute atomic E-state index is 13.0. The summed E-state index contributed by atoms with van der Waals surface area (Å²) in [4.78, 5) is 51.0. The number of anilines is 3. The monoisotopic (exact) mass is 828 g/mol. The molecule has 2 aliphatic heterocycles. The Balaban J connectivity index is 0.000000337. The van der Waals surface area contributed by atoms with Gasteiger partial charge in [0.1, 0.15) is 11.2 Å². The van der Waals surface area contributed by atoms with Crippen molar-refractivity contribution >= 4 is 41.1 Å². The Kier molecular flexibility index (Phi) is 21.6. The maximum atomic E-state index is 13.0. The molecule has 2 aromatic rings. The van der Waals surface area contributed by atoms with E-state index in [-0.39, 0.29) is 24.5 Å². The fourth-order valence-electron chi connectivity index (χ4n) is 6.46. The topological polar surface area (TPSA) is 182 Å². The Hall–Kier alpha value is -4.56. The average Bonchev–Trinajstić information content (AvgIpc) is 3.16. The van der Waals surface area contributed by atoms with Gasteiger partial charge in [0, 0.05) is 65.8 Å². The SMILES string of the molecule is CC(C)(C)OC(=O)N1CCC[C@@H](C(=O)O)C1.COCCCCc1ccc(C)cc1NC(=O)[C@@H]1CCCN(C(=O)OC(C)(C)C)C1.COCCCNc1ccc(C)cc1N. The first-order valence-electron chi connectivity index (χ1n) is 20.9. The largest absolute Gasteiger partial charge is 0.481 e. The summed E-state index contributed by atoms with van der Waals surface area (Å²) < 4.78 is 20.7. The number of amides is 3. The molecule has 2 saturated heterocycles. The average molecular weight is 828 g/mol. The minimum absolute atomic E-state index is 0.0259. The standard InChI is InChI=1S/C23H36N2O4.C11H18N2O.C11H19NO4/c1-17-11-12-18(9-6-7-14-28-5)20(15-17)24-21(26)19-10-8-13-25(16-19)22(27)29-23(2,3)4;1-9-4-5-11(10(12)8-9)13-6-3-7-14-2;1-11(2,3)16-10(15)12-6-4-5-8(7-12)9(13)14/h11-12,15,19H,6-10,13-14,16H2,1-5H3,(H,24,26);4-5,8,13H,3,6-7,12H2,1-2H3;8H,4-7H2,1-3H3,(H,13,14)/t19-;;8-/m1.1/s1. The number of hydrogen-bond acceptors (Lipinski definition) is 10. The number of ether oxygens (including phenoxy) is 4. The van der Waals surface area contributed by atoms with Gasteiger partial charge in [0.15, 0.2) is 0 Å². The predicted molar refractivity (Wildman–Crippen MR) is 234 cm³/mol. The van der Waals surface area contributed by atoms with Crippen LogP contribution in [-0.4, -0.2) is 110 Å². The molecule has 0 spiro atoms. The number of piperidine rings is 2. The van der Waals surface area contributed by atoms with Gasteiger partial charge in [-0.05, 0) is 142 Å². The first kappa shape index (κ1) is 50.6. The third-order valence-corrected chi connectivity index (χ3v) is 9.48. The molecule has 14 heteroatoms. The molecule has 5 N–H and O–H groups in total. The van der Waals surface area contributed by atoms with E-state index in [4.69, 9.17) is 29.8 Å². The van der Waals surface area contributed by atoms with E-state index in [1.54, 1.807) is 39.9 Å². The fraction of sp³-hybridized carbons (Fsp3) is 0.644. The third-order valence-electron chi connectivity index (χ3n) is 9.48. The lowest BCUT2D eigenvalue weighted by molar-refractivity contribution is -0.143. The van der Waals surface area contributed by atoms with E-state index in [1.807, 2.05) is 52.8 Å². The number of likely N-dealkylation sites (tertiary alicyclic amines) is 2. The van der Waals surface area contributed by atoms with Crippen LogP contribution in [0.3, 0.4) is 0 Å². The highest BCUT2D eigenvalue weighted by Gasteiger charge is 2.32. The van der Waals surface area contributed by atoms with E-state index in [1.165, 1.54) is 10.5 Å². The molecule has 2 atom stereocenters. The van der Waals surface area contributed by atoms with Crippen LogP contribution >= 0.6 is 0 Å². The molecule has 332 valence electrons. The van der Waals surface area contributed by atoms with Crippen molar-refractivity contribution in [3.8, 4) is 0 Å². The van der Waals surface area contributed by atoms with Crippen LogP contribution in [0.15, 0.2) is 36.4 Å². The number of nitrogens with one attached hydrogen (secondary N) is 2. The van der Waals surface area contributed by atoms with E-state index in [9.17, 15) is 19.2 Å². The van der Waals surface area contributed by atoms with Gasteiger partial charge in [0.05, 0.1) is 23.2 Å². The van der Waals surface area contributed by atoms with Crippen LogP contribution in [0, 0.1) is 25.7 Å². The normalized spacial score (nSPS) is 16.7. The van der Waals surface area contributed by atoms with Gasteiger partial charge >= 0.3 is 18.2 Å². The van der Waals surface area contributed by atoms with Crippen molar-refractivity contribution in [1.82, 2.24) is 9.80 Å². The number of carboxylic acids is 1. The van der Waals surface area contributed by atoms with E-state index >= 15 is 0 Å². The summed E-state index contributed by atoms with van der Waals surface area (Å²) in [6.45, 7) is 19.3. The van der Waals surface area contributed by atoms with Crippen LogP contribution in [0.2, 0.25) is 0 Å². The summed E-state index contributed by atoms with van der Waals surface area (Å²) in [7, 11) is 3.42. The van der Waals surface area contributed by atoms with Gasteiger partial charge in [-0.15, -0.1) is 0 Å². The number of nitrogens with zero attached hydrogens (tertiary/aromatic N) is 2. The van der Waals surface area contributed by atoms with Crippen LogP contribution in [0.5, 0.6) is 0 Å². The first-order valence-corrected chi connectivity index (χ1v) is 20.9. The lowest BCUT2D eigenvalue weighted by Gasteiger charge is -2.33. The molecule has 0 radical (unpaired) electrons. The van der Waals surface area contributed by atoms with Gasteiger partial charge in [0.25, 0.3) is 0 Å². The van der Waals surface area contributed by atoms with Crippen molar-refractivity contribution < 1.29 is 43.2 Å². The van der Waals surface area contributed by atoms with Crippen molar-refractivity contribution in [3.05, 3.63) is 53.1 Å². The molecule has 2 fully saturated rings. The van der Waals surface area contributed by atoms with Gasteiger partial charge in [-0.1, -0.05) is 18.2 Å². The summed E-state index contributed by atoms with van der Waals surface area (Å²) in [6.07, 6.45) is 6.06. The zero-order valence-electron chi connectivity index (χ0n) is 37.4. The summed E-state index contributed by atoms with van der Waals surface area (Å²) in [5.74, 6) is -1.55. The highest BCUT2D eigenvalue weighted by molar-refractivity contribution is 5.94. The molecule has 0 saturated carbocycles. The van der Waals surface area contributed by atoms with Crippen molar-refractivity contribution in [2.75, 3.05) is 76.5 Å². The minimum atomic E-state index is -0.840. The van der Waals surface area contributed by atoms with Gasteiger partial charge in [-0.25, -0.2) is 9.59 Å². The van der Waals surface area contributed by atoms with Gasteiger partial charge in [0.2, 0.25) is 5.91 Å². The number of nitrogen functional groups attached to an aromatic ring is 1. The van der Waals surface area contributed by atoms with E-state index in [2.05, 4.69) is 28.8 Å². The second-order valence-electron chi connectivity index (χ2n) is 17.3. The van der Waals surface area contributed by atoms with Gasteiger partial charge in [-0.2, -0.15) is 0 Å². The number of carbonyl (C=O) groups is 4. The quantitative estimate of drug-likeness (QED) is 0.113. The number of hydrogen-bond donors (Lipinski definition) is 4. The molecule has 0 aliphatic carbocycles. The van der Waals surface area contributed by atoms with Gasteiger partial charge in [-0.3, -0.25) is 9.59 Å². The lowest BCUT2D eigenvalue weighted by Crippen LogP contribution is -2.45. The number of benzene rings is 2. The molecule has 0 aromatic heterocycles. The molecule has 3 amide bonds. The van der Waals surface area contributed by atoms with Crippen LogP contribution in [0.1, 0.15) is 103 Å². The van der Waals surface area contributed by atoms with E-state index in [0.717, 1.165) is 92.9 Å². The third kappa shape index (κ3) is 20.3. The Labute approximate surface area is 352 Å².